The molecule has 0 spiro atoms. The molecule has 0 aliphatic heterocycles. The average molecular weight is 208 g/mol. The summed E-state index contributed by atoms with van der Waals surface area (Å²) in [5.41, 5.74) is 5.59. The van der Waals surface area contributed by atoms with Crippen LogP contribution in [0.25, 0.3) is 5.78 Å². The first-order valence-corrected chi connectivity index (χ1v) is 4.23. The maximum atomic E-state index is 11.4. The first-order valence-electron chi connectivity index (χ1n) is 4.23. The van der Waals surface area contributed by atoms with Crippen LogP contribution in [0.1, 0.15) is 17.4 Å². The van der Waals surface area contributed by atoms with Gasteiger partial charge < -0.3 is 10.5 Å². The third kappa shape index (κ3) is 1.45. The second kappa shape index (κ2) is 3.48. The summed E-state index contributed by atoms with van der Waals surface area (Å²) < 4.78 is 5.97. The van der Waals surface area contributed by atoms with E-state index in [2.05, 4.69) is 20.3 Å². The molecule has 0 bridgehead atoms. The van der Waals surface area contributed by atoms with Crippen molar-refractivity contribution in [3.63, 3.8) is 0 Å². The summed E-state index contributed by atoms with van der Waals surface area (Å²) in [4.78, 5) is 15.1. The standard InChI is InChI=1S/C7H8N6O2/c1-2-15-6(14)4-5(8)13-7(12-11-4)9-3-10-13/h3H,2,8H2,1H3. The Bertz CT molecular complexity index is 507. The summed E-state index contributed by atoms with van der Waals surface area (Å²) in [5, 5.41) is 11.1. The molecule has 0 saturated heterocycles. The lowest BCUT2D eigenvalue weighted by molar-refractivity contribution is 0.0519. The topological polar surface area (TPSA) is 108 Å². The molecule has 2 aromatic heterocycles. The average Bonchev–Trinajstić information content (AvgIpc) is 2.67. The molecule has 78 valence electrons. The maximum Gasteiger partial charge on any atom is 0.362 e. The minimum atomic E-state index is -0.625. The van der Waals surface area contributed by atoms with Crippen molar-refractivity contribution in [1.29, 1.82) is 0 Å². The van der Waals surface area contributed by atoms with E-state index in [4.69, 9.17) is 10.5 Å². The van der Waals surface area contributed by atoms with E-state index in [9.17, 15) is 4.79 Å². The van der Waals surface area contributed by atoms with Crippen LogP contribution in [0.2, 0.25) is 0 Å². The smallest absolute Gasteiger partial charge is 0.362 e. The van der Waals surface area contributed by atoms with Crippen LogP contribution in [0.3, 0.4) is 0 Å². The van der Waals surface area contributed by atoms with Crippen molar-refractivity contribution in [2.75, 3.05) is 12.3 Å². The highest BCUT2D eigenvalue weighted by molar-refractivity contribution is 5.91. The van der Waals surface area contributed by atoms with E-state index >= 15 is 0 Å². The van der Waals surface area contributed by atoms with Gasteiger partial charge in [-0.2, -0.15) is 14.6 Å². The van der Waals surface area contributed by atoms with Gasteiger partial charge >= 0.3 is 5.97 Å². The highest BCUT2D eigenvalue weighted by Crippen LogP contribution is 2.08. The van der Waals surface area contributed by atoms with Gasteiger partial charge in [-0.05, 0) is 6.92 Å². The fourth-order valence-corrected chi connectivity index (χ4v) is 1.06. The molecule has 0 saturated carbocycles. The normalized spacial score (nSPS) is 10.5. The lowest BCUT2D eigenvalue weighted by atomic mass is 10.4. The number of carbonyl (C=O) groups is 1. The number of rotatable bonds is 2. The van der Waals surface area contributed by atoms with Gasteiger partial charge in [0.1, 0.15) is 6.33 Å². The second-order valence-electron chi connectivity index (χ2n) is 2.63. The number of nitrogens with two attached hydrogens (primary N) is 1. The predicted molar refractivity (Wildman–Crippen MR) is 48.9 cm³/mol. The third-order valence-electron chi connectivity index (χ3n) is 1.71. The molecule has 0 unspecified atom stereocenters. The Balaban J connectivity index is 2.52. The second-order valence-corrected chi connectivity index (χ2v) is 2.63. The number of hydrogen-bond acceptors (Lipinski definition) is 7. The van der Waals surface area contributed by atoms with E-state index in [1.165, 1.54) is 10.8 Å². The van der Waals surface area contributed by atoms with Gasteiger partial charge in [-0.25, -0.2) is 4.79 Å². The molecule has 15 heavy (non-hydrogen) atoms. The lowest BCUT2D eigenvalue weighted by Crippen LogP contribution is -2.15. The van der Waals surface area contributed by atoms with Gasteiger partial charge in [0.05, 0.1) is 6.61 Å². The van der Waals surface area contributed by atoms with Gasteiger partial charge in [0.25, 0.3) is 5.78 Å². The zero-order valence-electron chi connectivity index (χ0n) is 7.91. The molecule has 2 rings (SSSR count). The van der Waals surface area contributed by atoms with E-state index in [-0.39, 0.29) is 23.9 Å². The number of nitrogen functional groups attached to an aromatic ring is 1. The molecular weight excluding hydrogens is 200 g/mol. The first-order chi connectivity index (χ1) is 7.24. The minimum Gasteiger partial charge on any atom is -0.461 e. The molecule has 2 heterocycles. The van der Waals surface area contributed by atoms with E-state index in [0.29, 0.717) is 0 Å². The molecule has 8 nitrogen and oxygen atoms in total. The Labute approximate surface area is 84.1 Å². The van der Waals surface area contributed by atoms with Crippen molar-refractivity contribution in [3.05, 3.63) is 12.0 Å². The highest BCUT2D eigenvalue weighted by atomic mass is 16.5. The molecule has 0 fully saturated rings. The van der Waals surface area contributed by atoms with Gasteiger partial charge in [-0.1, -0.05) is 0 Å². The molecule has 0 atom stereocenters. The Morgan fingerprint density at radius 3 is 3.13 bits per heavy atom. The van der Waals surface area contributed by atoms with Gasteiger partial charge in [0.2, 0.25) is 5.69 Å². The van der Waals surface area contributed by atoms with Gasteiger partial charge in [-0.3, -0.25) is 0 Å². The Kier molecular flexibility index (Phi) is 2.16. The van der Waals surface area contributed by atoms with E-state index in [0.717, 1.165) is 0 Å². The minimum absolute atomic E-state index is 0.0603. The lowest BCUT2D eigenvalue weighted by Gasteiger charge is -2.03. The summed E-state index contributed by atoms with van der Waals surface area (Å²) in [6, 6.07) is 0. The molecule has 2 N–H and O–H groups in total. The van der Waals surface area contributed by atoms with Crippen molar-refractivity contribution in [1.82, 2.24) is 24.8 Å². The third-order valence-corrected chi connectivity index (χ3v) is 1.71. The molecule has 0 aliphatic carbocycles. The van der Waals surface area contributed by atoms with Crippen LogP contribution < -0.4 is 5.73 Å². The predicted octanol–water partition coefficient (Wildman–Crippen LogP) is -0.722. The molecule has 8 heteroatoms. The molecule has 0 radical (unpaired) electrons. The number of ether oxygens (including phenoxy) is 1. The van der Waals surface area contributed by atoms with Crippen LogP contribution in [0.15, 0.2) is 6.33 Å². The zero-order valence-corrected chi connectivity index (χ0v) is 7.91. The number of esters is 1. The fourth-order valence-electron chi connectivity index (χ4n) is 1.06. The summed E-state index contributed by atoms with van der Waals surface area (Å²) >= 11 is 0. The number of aromatic nitrogens is 5. The molecule has 0 aromatic carbocycles. The van der Waals surface area contributed by atoms with Crippen LogP contribution in [-0.4, -0.2) is 37.4 Å². The Morgan fingerprint density at radius 2 is 2.40 bits per heavy atom. The van der Waals surface area contributed by atoms with Gasteiger partial charge in [0, 0.05) is 0 Å². The molecule has 0 amide bonds. The number of hydrogen-bond donors (Lipinski definition) is 1. The van der Waals surface area contributed by atoms with Crippen molar-refractivity contribution in [3.8, 4) is 0 Å². The number of fused-ring (bicyclic) bond motifs is 1. The molecule has 0 aliphatic rings. The van der Waals surface area contributed by atoms with Gasteiger partial charge in [0.15, 0.2) is 5.82 Å². The summed E-state index contributed by atoms with van der Waals surface area (Å²) in [5.74, 6) is -0.323. The first kappa shape index (κ1) is 9.31. The van der Waals surface area contributed by atoms with Crippen molar-refractivity contribution >= 4 is 17.6 Å². The van der Waals surface area contributed by atoms with E-state index in [1.54, 1.807) is 6.92 Å². The molecular formula is C7H8N6O2. The SMILES string of the molecule is CCOC(=O)c1nnc2ncnn2c1N. The van der Waals surface area contributed by atoms with Crippen LogP contribution in [0, 0.1) is 0 Å². The maximum absolute atomic E-state index is 11.4. The van der Waals surface area contributed by atoms with E-state index in [1.807, 2.05) is 0 Å². The fraction of sp³-hybridized carbons (Fsp3) is 0.286. The molecule has 2 aromatic rings. The van der Waals surface area contributed by atoms with Crippen molar-refractivity contribution < 1.29 is 9.53 Å². The summed E-state index contributed by atoms with van der Waals surface area (Å²) in [6.45, 7) is 1.94. The van der Waals surface area contributed by atoms with E-state index < -0.39 is 5.97 Å². The van der Waals surface area contributed by atoms with Crippen LogP contribution in [0.5, 0.6) is 0 Å². The van der Waals surface area contributed by atoms with Crippen molar-refractivity contribution in [2.45, 2.75) is 6.92 Å². The van der Waals surface area contributed by atoms with Crippen LogP contribution >= 0.6 is 0 Å². The van der Waals surface area contributed by atoms with Gasteiger partial charge in [-0.15, -0.1) is 10.2 Å². The number of nitrogens with zero attached hydrogens (tertiary/aromatic N) is 5. The number of anilines is 1. The highest BCUT2D eigenvalue weighted by Gasteiger charge is 2.17. The quantitative estimate of drug-likeness (QED) is 0.648. The Morgan fingerprint density at radius 1 is 1.60 bits per heavy atom. The zero-order chi connectivity index (χ0) is 10.8. The largest absolute Gasteiger partial charge is 0.461 e. The van der Waals surface area contributed by atoms with Crippen LogP contribution in [0.4, 0.5) is 5.82 Å². The number of carbonyl (C=O) groups excluding carboxylic acids is 1. The Hall–Kier alpha value is -2.25. The summed E-state index contributed by atoms with van der Waals surface area (Å²) in [6.07, 6.45) is 1.27. The summed E-state index contributed by atoms with van der Waals surface area (Å²) in [7, 11) is 0. The van der Waals surface area contributed by atoms with Crippen LogP contribution in [-0.2, 0) is 4.74 Å². The van der Waals surface area contributed by atoms with Crippen molar-refractivity contribution in [2.24, 2.45) is 0 Å². The monoisotopic (exact) mass is 208 g/mol.